The highest BCUT2D eigenvalue weighted by Gasteiger charge is 2.28. The quantitative estimate of drug-likeness (QED) is 0.749. The first-order valence-corrected chi connectivity index (χ1v) is 6.69. The van der Waals surface area contributed by atoms with E-state index in [1.165, 1.54) is 58.3 Å². The van der Waals surface area contributed by atoms with Crippen LogP contribution in [0.5, 0.6) is 0 Å². The van der Waals surface area contributed by atoms with Crippen LogP contribution < -0.4 is 5.32 Å². The lowest BCUT2D eigenvalue weighted by molar-refractivity contribution is 0.137. The molecule has 1 unspecified atom stereocenters. The molecule has 88 valence electrons. The average molecular weight is 210 g/mol. The maximum atomic E-state index is 3.64. The maximum absolute atomic E-state index is 3.64. The van der Waals surface area contributed by atoms with Crippen LogP contribution in [0.2, 0.25) is 0 Å². The van der Waals surface area contributed by atoms with Gasteiger partial charge in [-0.1, -0.05) is 19.8 Å². The Morgan fingerprint density at radius 2 is 2.20 bits per heavy atom. The Morgan fingerprint density at radius 3 is 2.87 bits per heavy atom. The smallest absolute Gasteiger partial charge is 0.0278 e. The molecule has 15 heavy (non-hydrogen) atoms. The normalized spacial score (nSPS) is 33.2. The van der Waals surface area contributed by atoms with Gasteiger partial charge in [0, 0.05) is 25.2 Å². The molecule has 0 aromatic heterocycles. The number of piperazine rings is 1. The van der Waals surface area contributed by atoms with Gasteiger partial charge in [-0.15, -0.1) is 0 Å². The summed E-state index contributed by atoms with van der Waals surface area (Å²) in [7, 11) is 0. The largest absolute Gasteiger partial charge is 0.309 e. The zero-order valence-electron chi connectivity index (χ0n) is 10.4. The summed E-state index contributed by atoms with van der Waals surface area (Å²) < 4.78 is 0. The summed E-state index contributed by atoms with van der Waals surface area (Å²) in [5.74, 6) is 1.10. The second-order valence-electron chi connectivity index (χ2n) is 5.70. The topological polar surface area (TPSA) is 15.3 Å². The summed E-state index contributed by atoms with van der Waals surface area (Å²) in [4.78, 5) is 2.66. The summed E-state index contributed by atoms with van der Waals surface area (Å²) in [6.45, 7) is 9.65. The minimum atomic E-state index is 0.373. The molecule has 1 aliphatic carbocycles. The lowest BCUT2D eigenvalue weighted by Gasteiger charge is -2.41. The van der Waals surface area contributed by atoms with Crippen LogP contribution in [-0.2, 0) is 0 Å². The van der Waals surface area contributed by atoms with Crippen LogP contribution in [0.3, 0.4) is 0 Å². The van der Waals surface area contributed by atoms with Gasteiger partial charge in [0.2, 0.25) is 0 Å². The first-order valence-electron chi connectivity index (χ1n) is 6.69. The van der Waals surface area contributed by atoms with Crippen molar-refractivity contribution in [2.45, 2.75) is 51.5 Å². The zero-order chi connectivity index (χ0) is 10.7. The van der Waals surface area contributed by atoms with E-state index < -0.39 is 0 Å². The third-order valence-corrected chi connectivity index (χ3v) is 4.12. The Hall–Kier alpha value is -0.0800. The highest BCUT2D eigenvalue weighted by molar-refractivity contribution is 4.89. The molecular formula is C13H26N2. The van der Waals surface area contributed by atoms with Crippen LogP contribution >= 0.6 is 0 Å². The lowest BCUT2D eigenvalue weighted by Crippen LogP contribution is -2.58. The van der Waals surface area contributed by atoms with E-state index in [0.717, 1.165) is 5.92 Å². The van der Waals surface area contributed by atoms with Gasteiger partial charge in [-0.25, -0.2) is 0 Å². The molecule has 2 aliphatic rings. The Kier molecular flexibility index (Phi) is 3.68. The van der Waals surface area contributed by atoms with Crippen molar-refractivity contribution in [3.8, 4) is 0 Å². The molecular weight excluding hydrogens is 184 g/mol. The van der Waals surface area contributed by atoms with Crippen LogP contribution in [0.25, 0.3) is 0 Å². The SMILES string of the molecule is CCC1(C)CN(CCCC2CC2)CCN1. The molecule has 2 nitrogen and oxygen atoms in total. The van der Waals surface area contributed by atoms with Gasteiger partial charge >= 0.3 is 0 Å². The van der Waals surface area contributed by atoms with E-state index >= 15 is 0 Å². The third-order valence-electron chi connectivity index (χ3n) is 4.12. The van der Waals surface area contributed by atoms with Crippen molar-refractivity contribution >= 4 is 0 Å². The molecule has 1 N–H and O–H groups in total. The van der Waals surface area contributed by atoms with Crippen LogP contribution in [0.15, 0.2) is 0 Å². The Labute approximate surface area is 94.4 Å². The number of nitrogens with one attached hydrogen (secondary N) is 1. The molecule has 1 saturated heterocycles. The molecule has 0 aromatic rings. The predicted octanol–water partition coefficient (Wildman–Crippen LogP) is 2.25. The average Bonchev–Trinajstić information content (AvgIpc) is 3.02. The minimum Gasteiger partial charge on any atom is -0.309 e. The number of rotatable bonds is 5. The molecule has 2 heteroatoms. The Bertz CT molecular complexity index is 201. The summed E-state index contributed by atoms with van der Waals surface area (Å²) in [5, 5.41) is 3.64. The fraction of sp³-hybridized carbons (Fsp3) is 1.00. The van der Waals surface area contributed by atoms with Gasteiger partial charge in [-0.3, -0.25) is 0 Å². The van der Waals surface area contributed by atoms with Crippen LogP contribution in [0.4, 0.5) is 0 Å². The molecule has 0 aromatic carbocycles. The van der Waals surface area contributed by atoms with E-state index in [1.54, 1.807) is 0 Å². The molecule has 1 atom stereocenters. The predicted molar refractivity (Wildman–Crippen MR) is 65.1 cm³/mol. The molecule has 2 fully saturated rings. The van der Waals surface area contributed by atoms with Crippen LogP contribution in [0.1, 0.15) is 46.0 Å². The van der Waals surface area contributed by atoms with Crippen molar-refractivity contribution in [3.05, 3.63) is 0 Å². The van der Waals surface area contributed by atoms with Gasteiger partial charge < -0.3 is 10.2 Å². The van der Waals surface area contributed by atoms with Crippen LogP contribution in [-0.4, -0.2) is 36.6 Å². The molecule has 0 bridgehead atoms. The Morgan fingerprint density at radius 1 is 1.40 bits per heavy atom. The fourth-order valence-corrected chi connectivity index (χ4v) is 2.58. The van der Waals surface area contributed by atoms with Crippen molar-refractivity contribution in [2.24, 2.45) is 5.92 Å². The standard InChI is InChI=1S/C13H26N2/c1-3-13(2)11-15(10-8-14-13)9-4-5-12-6-7-12/h12,14H,3-11H2,1-2H3. The van der Waals surface area contributed by atoms with Crippen molar-refractivity contribution in [1.82, 2.24) is 10.2 Å². The summed E-state index contributed by atoms with van der Waals surface area (Å²) in [6.07, 6.45) is 7.16. The number of hydrogen-bond donors (Lipinski definition) is 1. The lowest BCUT2D eigenvalue weighted by atomic mass is 9.96. The second kappa shape index (κ2) is 4.84. The third kappa shape index (κ3) is 3.46. The first kappa shape index (κ1) is 11.4. The summed E-state index contributed by atoms with van der Waals surface area (Å²) >= 11 is 0. The first-order chi connectivity index (χ1) is 7.22. The van der Waals surface area contributed by atoms with Gasteiger partial charge in [-0.05, 0) is 38.6 Å². The van der Waals surface area contributed by atoms with E-state index in [2.05, 4.69) is 24.1 Å². The monoisotopic (exact) mass is 210 g/mol. The zero-order valence-corrected chi connectivity index (χ0v) is 10.4. The highest BCUT2D eigenvalue weighted by atomic mass is 15.2. The van der Waals surface area contributed by atoms with Gasteiger partial charge in [-0.2, -0.15) is 0 Å². The van der Waals surface area contributed by atoms with E-state index in [0.29, 0.717) is 5.54 Å². The second-order valence-corrected chi connectivity index (χ2v) is 5.70. The number of hydrogen-bond acceptors (Lipinski definition) is 2. The number of nitrogens with zero attached hydrogens (tertiary/aromatic N) is 1. The summed E-state index contributed by atoms with van der Waals surface area (Å²) in [5.41, 5.74) is 0.373. The Balaban J connectivity index is 1.67. The molecule has 0 radical (unpaired) electrons. The maximum Gasteiger partial charge on any atom is 0.0278 e. The minimum absolute atomic E-state index is 0.373. The van der Waals surface area contributed by atoms with E-state index in [9.17, 15) is 0 Å². The van der Waals surface area contributed by atoms with Crippen LogP contribution in [0, 0.1) is 5.92 Å². The van der Waals surface area contributed by atoms with Gasteiger partial charge in [0.05, 0.1) is 0 Å². The van der Waals surface area contributed by atoms with E-state index in [1.807, 2.05) is 0 Å². The van der Waals surface area contributed by atoms with Gasteiger partial charge in [0.15, 0.2) is 0 Å². The van der Waals surface area contributed by atoms with Crippen molar-refractivity contribution in [2.75, 3.05) is 26.2 Å². The van der Waals surface area contributed by atoms with Gasteiger partial charge in [0.25, 0.3) is 0 Å². The van der Waals surface area contributed by atoms with Crippen molar-refractivity contribution in [3.63, 3.8) is 0 Å². The fourth-order valence-electron chi connectivity index (χ4n) is 2.58. The molecule has 1 saturated carbocycles. The molecule has 0 spiro atoms. The van der Waals surface area contributed by atoms with E-state index in [4.69, 9.17) is 0 Å². The van der Waals surface area contributed by atoms with Crippen molar-refractivity contribution < 1.29 is 0 Å². The van der Waals surface area contributed by atoms with Crippen molar-refractivity contribution in [1.29, 1.82) is 0 Å². The summed E-state index contributed by atoms with van der Waals surface area (Å²) in [6, 6.07) is 0. The molecule has 0 amide bonds. The van der Waals surface area contributed by atoms with E-state index in [-0.39, 0.29) is 0 Å². The molecule has 1 heterocycles. The van der Waals surface area contributed by atoms with Gasteiger partial charge in [0.1, 0.15) is 0 Å². The highest BCUT2D eigenvalue weighted by Crippen LogP contribution is 2.33. The molecule has 2 rings (SSSR count). The molecule has 1 aliphatic heterocycles.